The normalized spacial score (nSPS) is 20.3. The second-order valence-electron chi connectivity index (χ2n) is 12.8. The molecule has 0 atom stereocenters. The number of hydrogen-bond acceptors (Lipinski definition) is 6. The summed E-state index contributed by atoms with van der Waals surface area (Å²) in [6.45, 7) is 15.9. The van der Waals surface area contributed by atoms with E-state index in [-0.39, 0.29) is 22.0 Å². The molecule has 1 aromatic carbocycles. The molecule has 2 aromatic heterocycles. The molecule has 1 saturated carbocycles. The molecule has 0 amide bonds. The van der Waals surface area contributed by atoms with Crippen molar-refractivity contribution in [3.8, 4) is 11.3 Å². The Kier molecular flexibility index (Phi) is 6.87. The Morgan fingerprint density at radius 1 is 1.03 bits per heavy atom. The first kappa shape index (κ1) is 27.1. The molecular weight excluding hydrogens is 494 g/mol. The highest BCUT2D eigenvalue weighted by atomic mass is 32.2. The standard InChI is InChI=1S/C30H43N5O2S/c1-8-15-38(36,37)28-32-25(17-27(33-28)31-23-10-11-23)21-9-12-26-22(16-21)13-14-34(26)24-18-29(4,5)35(20(2)3)30(6,7)19-24/h9,12-14,16-17,20,23-24H,8,10-11,15,18-19H2,1-7H3,(H,31,32,33). The summed E-state index contributed by atoms with van der Waals surface area (Å²) in [5.41, 5.74) is 2.92. The zero-order valence-electron chi connectivity index (χ0n) is 24.0. The fourth-order valence-electron chi connectivity index (χ4n) is 7.06. The van der Waals surface area contributed by atoms with Gasteiger partial charge in [-0.25, -0.2) is 18.4 Å². The van der Waals surface area contributed by atoms with Crippen LogP contribution in [0.25, 0.3) is 22.2 Å². The fraction of sp³-hybridized carbons (Fsp3) is 0.600. The van der Waals surface area contributed by atoms with Crippen LogP contribution in [-0.2, 0) is 9.84 Å². The average Bonchev–Trinajstić information content (AvgIpc) is 3.51. The highest BCUT2D eigenvalue weighted by molar-refractivity contribution is 7.91. The second-order valence-corrected chi connectivity index (χ2v) is 14.8. The minimum absolute atomic E-state index is 0.0452. The van der Waals surface area contributed by atoms with E-state index in [0.29, 0.717) is 36.1 Å². The van der Waals surface area contributed by atoms with Crippen LogP contribution in [0.3, 0.4) is 0 Å². The average molecular weight is 538 g/mol. The molecule has 38 heavy (non-hydrogen) atoms. The monoisotopic (exact) mass is 537 g/mol. The summed E-state index contributed by atoms with van der Waals surface area (Å²) in [4.78, 5) is 11.6. The van der Waals surface area contributed by atoms with Crippen molar-refractivity contribution in [1.82, 2.24) is 19.4 Å². The molecule has 8 heteroatoms. The van der Waals surface area contributed by atoms with Crippen molar-refractivity contribution in [3.63, 3.8) is 0 Å². The number of rotatable bonds is 8. The number of fused-ring (bicyclic) bond motifs is 1. The smallest absolute Gasteiger partial charge is 0.249 e. The third-order valence-electron chi connectivity index (χ3n) is 8.09. The highest BCUT2D eigenvalue weighted by Gasteiger charge is 2.46. The number of benzene rings is 1. The molecule has 1 aliphatic heterocycles. The van der Waals surface area contributed by atoms with Crippen LogP contribution in [0.5, 0.6) is 0 Å². The lowest BCUT2D eigenvalue weighted by atomic mass is 9.76. The molecule has 5 rings (SSSR count). The molecule has 1 aliphatic carbocycles. The summed E-state index contributed by atoms with van der Waals surface area (Å²) in [6.07, 6.45) is 7.08. The Bertz CT molecular complexity index is 1420. The predicted molar refractivity (Wildman–Crippen MR) is 155 cm³/mol. The van der Waals surface area contributed by atoms with Crippen molar-refractivity contribution in [3.05, 3.63) is 36.5 Å². The molecular formula is C30H43N5O2S. The molecule has 206 valence electrons. The Morgan fingerprint density at radius 3 is 2.32 bits per heavy atom. The van der Waals surface area contributed by atoms with Gasteiger partial charge in [0.25, 0.3) is 0 Å². The molecule has 0 radical (unpaired) electrons. The van der Waals surface area contributed by atoms with Crippen LogP contribution in [0, 0.1) is 0 Å². The maximum atomic E-state index is 12.9. The molecule has 0 bridgehead atoms. The maximum absolute atomic E-state index is 12.9. The van der Waals surface area contributed by atoms with E-state index >= 15 is 0 Å². The molecule has 1 N–H and O–H groups in total. The zero-order valence-corrected chi connectivity index (χ0v) is 24.8. The molecule has 2 fully saturated rings. The van der Waals surface area contributed by atoms with Gasteiger partial charge in [0.2, 0.25) is 15.0 Å². The Balaban J connectivity index is 1.50. The van der Waals surface area contributed by atoms with E-state index in [1.54, 1.807) is 0 Å². The van der Waals surface area contributed by atoms with Gasteiger partial charge in [-0.15, -0.1) is 0 Å². The second kappa shape index (κ2) is 9.63. The summed E-state index contributed by atoms with van der Waals surface area (Å²) in [7, 11) is -3.53. The van der Waals surface area contributed by atoms with Crippen LogP contribution in [0.1, 0.15) is 86.6 Å². The number of anilines is 1. The predicted octanol–water partition coefficient (Wildman–Crippen LogP) is 6.46. The minimum atomic E-state index is -3.53. The lowest BCUT2D eigenvalue weighted by molar-refractivity contribution is -0.0689. The lowest BCUT2D eigenvalue weighted by Crippen LogP contribution is -2.63. The van der Waals surface area contributed by atoms with Crippen LogP contribution in [0.15, 0.2) is 41.7 Å². The van der Waals surface area contributed by atoms with E-state index in [4.69, 9.17) is 0 Å². The molecule has 1 saturated heterocycles. The van der Waals surface area contributed by atoms with Gasteiger partial charge in [-0.2, -0.15) is 0 Å². The van der Waals surface area contributed by atoms with Crippen LogP contribution in [0.2, 0.25) is 0 Å². The van der Waals surface area contributed by atoms with Gasteiger partial charge in [-0.1, -0.05) is 13.0 Å². The summed E-state index contributed by atoms with van der Waals surface area (Å²) >= 11 is 0. The lowest BCUT2D eigenvalue weighted by Gasteiger charge is -2.57. The van der Waals surface area contributed by atoms with Crippen molar-refractivity contribution in [2.24, 2.45) is 0 Å². The van der Waals surface area contributed by atoms with Crippen LogP contribution < -0.4 is 5.32 Å². The van der Waals surface area contributed by atoms with Gasteiger partial charge >= 0.3 is 0 Å². The Hall–Kier alpha value is -2.45. The Labute approximate surface area is 228 Å². The Morgan fingerprint density at radius 2 is 1.71 bits per heavy atom. The first-order valence-electron chi connectivity index (χ1n) is 14.1. The number of hydrogen-bond donors (Lipinski definition) is 1. The molecule has 0 spiro atoms. The van der Waals surface area contributed by atoms with E-state index in [1.165, 1.54) is 5.52 Å². The van der Waals surface area contributed by atoms with Gasteiger partial charge in [0, 0.05) is 57.9 Å². The van der Waals surface area contributed by atoms with Crippen molar-refractivity contribution < 1.29 is 8.42 Å². The van der Waals surface area contributed by atoms with E-state index in [1.807, 2.05) is 13.0 Å². The van der Waals surface area contributed by atoms with Crippen LogP contribution >= 0.6 is 0 Å². The summed E-state index contributed by atoms with van der Waals surface area (Å²) < 4.78 is 28.2. The number of piperidine rings is 1. The molecule has 7 nitrogen and oxygen atoms in total. The first-order chi connectivity index (χ1) is 17.8. The van der Waals surface area contributed by atoms with Gasteiger partial charge in [0.1, 0.15) is 5.82 Å². The molecule has 3 heterocycles. The number of nitrogens with one attached hydrogen (secondary N) is 1. The largest absolute Gasteiger partial charge is 0.367 e. The number of likely N-dealkylation sites (tertiary alicyclic amines) is 1. The first-order valence-corrected chi connectivity index (χ1v) is 15.7. The van der Waals surface area contributed by atoms with Crippen molar-refractivity contribution >= 4 is 26.6 Å². The summed E-state index contributed by atoms with van der Waals surface area (Å²) in [6, 6.07) is 11.7. The van der Waals surface area contributed by atoms with Crippen molar-refractivity contribution in [2.45, 2.75) is 115 Å². The van der Waals surface area contributed by atoms with Crippen LogP contribution in [-0.4, -0.2) is 56.8 Å². The third-order valence-corrected chi connectivity index (χ3v) is 9.77. The third kappa shape index (κ3) is 5.22. The quantitative estimate of drug-likeness (QED) is 0.332. The topological polar surface area (TPSA) is 80.1 Å². The van der Waals surface area contributed by atoms with Gasteiger partial charge in [0.05, 0.1) is 11.4 Å². The van der Waals surface area contributed by atoms with Gasteiger partial charge in [-0.3, -0.25) is 4.90 Å². The number of nitrogens with zero attached hydrogens (tertiary/aromatic N) is 4. The van der Waals surface area contributed by atoms with E-state index < -0.39 is 9.84 Å². The summed E-state index contributed by atoms with van der Waals surface area (Å²) in [5.74, 6) is 0.634. The van der Waals surface area contributed by atoms with E-state index in [9.17, 15) is 8.42 Å². The van der Waals surface area contributed by atoms with Gasteiger partial charge in [-0.05, 0) is 91.8 Å². The molecule has 3 aromatic rings. The van der Waals surface area contributed by atoms with Crippen molar-refractivity contribution in [2.75, 3.05) is 11.1 Å². The SMILES string of the molecule is CCCS(=O)(=O)c1nc(NC2CC2)cc(-c2ccc3c(ccn3C3CC(C)(C)N(C(C)C)C(C)(C)C3)c2)n1. The fourth-order valence-corrected chi connectivity index (χ4v) is 8.26. The van der Waals surface area contributed by atoms with E-state index in [0.717, 1.165) is 36.6 Å². The minimum Gasteiger partial charge on any atom is -0.367 e. The van der Waals surface area contributed by atoms with Gasteiger partial charge in [0.15, 0.2) is 0 Å². The maximum Gasteiger partial charge on any atom is 0.249 e. The highest BCUT2D eigenvalue weighted by Crippen LogP contribution is 2.45. The molecule has 0 unspecified atom stereocenters. The summed E-state index contributed by atoms with van der Waals surface area (Å²) in [5, 5.41) is 4.42. The van der Waals surface area contributed by atoms with Crippen molar-refractivity contribution in [1.29, 1.82) is 0 Å². The number of sulfone groups is 1. The zero-order chi connectivity index (χ0) is 27.5. The van der Waals surface area contributed by atoms with E-state index in [2.05, 4.69) is 96.8 Å². The molecule has 2 aliphatic rings. The van der Waals surface area contributed by atoms with Gasteiger partial charge < -0.3 is 9.88 Å². The number of aromatic nitrogens is 3. The van der Waals surface area contributed by atoms with Crippen LogP contribution in [0.4, 0.5) is 5.82 Å².